The maximum Gasteiger partial charge on any atom is 0.227 e. The summed E-state index contributed by atoms with van der Waals surface area (Å²) < 4.78 is 13.0. The second-order valence-electron chi connectivity index (χ2n) is 6.29. The second kappa shape index (κ2) is 8.17. The van der Waals surface area contributed by atoms with E-state index in [0.29, 0.717) is 15.7 Å². The Balaban J connectivity index is 1.52. The largest absolute Gasteiger partial charge is 0.324 e. The Morgan fingerprint density at radius 3 is 2.48 bits per heavy atom. The van der Waals surface area contributed by atoms with Gasteiger partial charge in [-0.15, -0.1) is 0 Å². The summed E-state index contributed by atoms with van der Waals surface area (Å²) in [5, 5.41) is 3.89. The lowest BCUT2D eigenvalue weighted by molar-refractivity contribution is -0.121. The lowest BCUT2D eigenvalue weighted by Gasteiger charge is -2.31. The summed E-state index contributed by atoms with van der Waals surface area (Å²) in [4.78, 5) is 14.7. The number of likely N-dealkylation sites (tertiary alicyclic amines) is 1. The van der Waals surface area contributed by atoms with Gasteiger partial charge < -0.3 is 5.32 Å². The molecule has 2 aromatic rings. The Kier molecular flexibility index (Phi) is 5.94. The predicted octanol–water partition coefficient (Wildman–Crippen LogP) is 4.98. The van der Waals surface area contributed by atoms with Crippen LogP contribution in [-0.4, -0.2) is 23.9 Å². The van der Waals surface area contributed by atoms with Crippen LogP contribution >= 0.6 is 23.2 Å². The van der Waals surface area contributed by atoms with Crippen molar-refractivity contribution < 1.29 is 9.18 Å². The standard InChI is InChI=1S/C19H19Cl2FN2O/c20-15-3-6-17(21)18(11-15)23-19(25)14-7-9-24(10-8-14)12-13-1-4-16(22)5-2-13/h1-6,11,14H,7-10,12H2,(H,23,25). The molecule has 1 amide bonds. The lowest BCUT2D eigenvalue weighted by atomic mass is 9.95. The minimum Gasteiger partial charge on any atom is -0.324 e. The first kappa shape index (κ1) is 18.2. The molecule has 1 heterocycles. The number of carbonyl (C=O) groups is 1. The van der Waals surface area contributed by atoms with Crippen LogP contribution in [0.1, 0.15) is 18.4 Å². The number of halogens is 3. The minimum atomic E-state index is -0.223. The highest BCUT2D eigenvalue weighted by Gasteiger charge is 2.25. The molecule has 132 valence electrons. The monoisotopic (exact) mass is 380 g/mol. The van der Waals surface area contributed by atoms with Gasteiger partial charge in [-0.3, -0.25) is 9.69 Å². The van der Waals surface area contributed by atoms with Gasteiger partial charge >= 0.3 is 0 Å². The van der Waals surface area contributed by atoms with Gasteiger partial charge in [0.1, 0.15) is 5.82 Å². The van der Waals surface area contributed by atoms with Gasteiger partial charge in [-0.25, -0.2) is 4.39 Å². The van der Waals surface area contributed by atoms with Crippen molar-refractivity contribution in [1.29, 1.82) is 0 Å². The summed E-state index contributed by atoms with van der Waals surface area (Å²) in [7, 11) is 0. The first-order chi connectivity index (χ1) is 12.0. The molecule has 1 N–H and O–H groups in total. The molecule has 3 nitrogen and oxygen atoms in total. The third-order valence-electron chi connectivity index (χ3n) is 4.46. The smallest absolute Gasteiger partial charge is 0.227 e. The van der Waals surface area contributed by atoms with E-state index >= 15 is 0 Å². The van der Waals surface area contributed by atoms with Gasteiger partial charge in [-0.1, -0.05) is 35.3 Å². The number of hydrogen-bond acceptors (Lipinski definition) is 2. The van der Waals surface area contributed by atoms with E-state index in [1.165, 1.54) is 12.1 Å². The zero-order chi connectivity index (χ0) is 17.8. The van der Waals surface area contributed by atoms with Crippen molar-refractivity contribution in [1.82, 2.24) is 4.90 Å². The first-order valence-corrected chi connectivity index (χ1v) is 8.99. The van der Waals surface area contributed by atoms with Crippen molar-refractivity contribution in [2.24, 2.45) is 5.92 Å². The van der Waals surface area contributed by atoms with E-state index in [1.54, 1.807) is 30.3 Å². The number of benzene rings is 2. The van der Waals surface area contributed by atoms with Gasteiger partial charge in [0, 0.05) is 17.5 Å². The van der Waals surface area contributed by atoms with Crippen LogP contribution in [0.15, 0.2) is 42.5 Å². The number of hydrogen-bond donors (Lipinski definition) is 1. The number of piperidine rings is 1. The van der Waals surface area contributed by atoms with Crippen LogP contribution in [0.3, 0.4) is 0 Å². The molecule has 1 aliphatic heterocycles. The number of nitrogens with one attached hydrogen (secondary N) is 1. The van der Waals surface area contributed by atoms with Gasteiger partial charge in [-0.05, 0) is 61.8 Å². The Labute approximate surface area is 156 Å². The molecular weight excluding hydrogens is 362 g/mol. The van der Waals surface area contributed by atoms with Crippen molar-refractivity contribution in [2.45, 2.75) is 19.4 Å². The Morgan fingerprint density at radius 1 is 1.12 bits per heavy atom. The van der Waals surface area contributed by atoms with Crippen LogP contribution in [0.25, 0.3) is 0 Å². The number of nitrogens with zero attached hydrogens (tertiary/aromatic N) is 1. The van der Waals surface area contributed by atoms with Crippen LogP contribution in [-0.2, 0) is 11.3 Å². The Hall–Kier alpha value is -1.62. The quantitative estimate of drug-likeness (QED) is 0.810. The zero-order valence-electron chi connectivity index (χ0n) is 13.6. The van der Waals surface area contributed by atoms with E-state index in [2.05, 4.69) is 10.2 Å². The average Bonchev–Trinajstić information content (AvgIpc) is 2.61. The molecule has 6 heteroatoms. The van der Waals surface area contributed by atoms with Gasteiger partial charge in [-0.2, -0.15) is 0 Å². The van der Waals surface area contributed by atoms with Gasteiger partial charge in [0.25, 0.3) is 0 Å². The number of carbonyl (C=O) groups excluding carboxylic acids is 1. The predicted molar refractivity (Wildman–Crippen MR) is 99.5 cm³/mol. The fraction of sp³-hybridized carbons (Fsp3) is 0.316. The normalized spacial score (nSPS) is 16.0. The van der Waals surface area contributed by atoms with Crippen molar-refractivity contribution >= 4 is 34.8 Å². The van der Waals surface area contributed by atoms with E-state index in [1.807, 2.05) is 0 Å². The summed E-state index contributed by atoms with van der Waals surface area (Å²) in [6.07, 6.45) is 1.57. The molecule has 1 fully saturated rings. The maximum atomic E-state index is 13.0. The topological polar surface area (TPSA) is 32.3 Å². The van der Waals surface area contributed by atoms with Crippen LogP contribution in [0.2, 0.25) is 10.0 Å². The Bertz CT molecular complexity index is 744. The third-order valence-corrected chi connectivity index (χ3v) is 5.03. The van der Waals surface area contributed by atoms with E-state index in [9.17, 15) is 9.18 Å². The maximum absolute atomic E-state index is 13.0. The molecule has 0 aromatic heterocycles. The molecule has 1 aliphatic rings. The summed E-state index contributed by atoms with van der Waals surface area (Å²) in [5.41, 5.74) is 1.63. The van der Waals surface area contributed by atoms with Crippen LogP contribution in [0, 0.1) is 11.7 Å². The molecule has 0 spiro atoms. The highest BCUT2D eigenvalue weighted by atomic mass is 35.5. The summed E-state index contributed by atoms with van der Waals surface area (Å²) in [5.74, 6) is -0.288. The molecule has 0 bridgehead atoms. The molecule has 25 heavy (non-hydrogen) atoms. The Morgan fingerprint density at radius 2 is 1.80 bits per heavy atom. The van der Waals surface area contributed by atoms with Crippen LogP contribution < -0.4 is 5.32 Å². The average molecular weight is 381 g/mol. The summed E-state index contributed by atoms with van der Waals surface area (Å²) in [6, 6.07) is 11.6. The lowest BCUT2D eigenvalue weighted by Crippen LogP contribution is -2.37. The number of anilines is 1. The molecule has 0 radical (unpaired) electrons. The SMILES string of the molecule is O=C(Nc1cc(Cl)ccc1Cl)C1CCN(Cc2ccc(F)cc2)CC1. The second-order valence-corrected chi connectivity index (χ2v) is 7.13. The molecule has 0 saturated carbocycles. The van der Waals surface area contributed by atoms with Gasteiger partial charge in [0.2, 0.25) is 5.91 Å². The van der Waals surface area contributed by atoms with E-state index < -0.39 is 0 Å². The highest BCUT2D eigenvalue weighted by Crippen LogP contribution is 2.27. The molecule has 1 saturated heterocycles. The molecule has 0 aliphatic carbocycles. The van der Waals surface area contributed by atoms with Gasteiger partial charge in [0.15, 0.2) is 0 Å². The molecule has 0 unspecified atom stereocenters. The molecule has 3 rings (SSSR count). The molecule has 0 atom stereocenters. The summed E-state index contributed by atoms with van der Waals surface area (Å²) >= 11 is 12.0. The van der Waals surface area contributed by atoms with Crippen molar-refractivity contribution in [3.63, 3.8) is 0 Å². The van der Waals surface area contributed by atoms with Crippen LogP contribution in [0.4, 0.5) is 10.1 Å². The first-order valence-electron chi connectivity index (χ1n) is 8.24. The molecule has 2 aromatic carbocycles. The minimum absolute atomic E-state index is 0.0226. The van der Waals surface area contributed by atoms with Crippen molar-refractivity contribution in [3.05, 3.63) is 63.9 Å². The van der Waals surface area contributed by atoms with Crippen LogP contribution in [0.5, 0.6) is 0 Å². The van der Waals surface area contributed by atoms with E-state index in [4.69, 9.17) is 23.2 Å². The van der Waals surface area contributed by atoms with Crippen molar-refractivity contribution in [2.75, 3.05) is 18.4 Å². The fourth-order valence-corrected chi connectivity index (χ4v) is 3.37. The zero-order valence-corrected chi connectivity index (χ0v) is 15.2. The highest BCUT2D eigenvalue weighted by molar-refractivity contribution is 6.35. The summed E-state index contributed by atoms with van der Waals surface area (Å²) in [6.45, 7) is 2.44. The third kappa shape index (κ3) is 4.94. The number of rotatable bonds is 4. The molecular formula is C19H19Cl2FN2O. The van der Waals surface area contributed by atoms with E-state index in [-0.39, 0.29) is 17.6 Å². The number of amides is 1. The van der Waals surface area contributed by atoms with E-state index in [0.717, 1.165) is 38.0 Å². The van der Waals surface area contributed by atoms with Gasteiger partial charge in [0.05, 0.1) is 10.7 Å². The van der Waals surface area contributed by atoms with Crippen molar-refractivity contribution in [3.8, 4) is 0 Å². The fourth-order valence-electron chi connectivity index (χ4n) is 3.03.